The summed E-state index contributed by atoms with van der Waals surface area (Å²) in [6.45, 7) is 2.63. The molecule has 2 nitrogen and oxygen atoms in total. The number of anilines is 1. The molecule has 0 bridgehead atoms. The second kappa shape index (κ2) is 5.27. The highest BCUT2D eigenvalue weighted by molar-refractivity contribution is 8.01. The fraction of sp³-hybridized carbons (Fsp3) is 0.167. The van der Waals surface area contributed by atoms with Crippen molar-refractivity contribution < 1.29 is 4.74 Å². The molecule has 2 N–H and O–H groups in total. The lowest BCUT2D eigenvalue weighted by molar-refractivity contribution is 0.339. The summed E-state index contributed by atoms with van der Waals surface area (Å²) in [6.07, 6.45) is 0. The van der Waals surface area contributed by atoms with E-state index in [0.717, 1.165) is 16.3 Å². The SMILES string of the molecule is CCOc1cc(N)cc(Sc2cccs2)c1. The minimum atomic E-state index is 0.659. The summed E-state index contributed by atoms with van der Waals surface area (Å²) in [5.74, 6) is 0.835. The molecule has 0 atom stereocenters. The number of benzene rings is 1. The van der Waals surface area contributed by atoms with Crippen LogP contribution in [-0.2, 0) is 0 Å². The van der Waals surface area contributed by atoms with E-state index in [2.05, 4.69) is 11.4 Å². The Morgan fingerprint density at radius 3 is 2.94 bits per heavy atom. The normalized spacial score (nSPS) is 10.3. The van der Waals surface area contributed by atoms with Gasteiger partial charge in [-0.15, -0.1) is 11.3 Å². The summed E-state index contributed by atoms with van der Waals surface area (Å²) in [5.41, 5.74) is 6.57. The van der Waals surface area contributed by atoms with Crippen molar-refractivity contribution in [2.75, 3.05) is 12.3 Å². The van der Waals surface area contributed by atoms with E-state index in [4.69, 9.17) is 10.5 Å². The number of nitrogens with two attached hydrogens (primary N) is 1. The molecule has 2 aromatic rings. The van der Waals surface area contributed by atoms with Crippen LogP contribution in [0.5, 0.6) is 5.75 Å². The summed E-state index contributed by atoms with van der Waals surface area (Å²) >= 11 is 3.43. The summed E-state index contributed by atoms with van der Waals surface area (Å²) in [6, 6.07) is 9.97. The van der Waals surface area contributed by atoms with Crippen molar-refractivity contribution >= 4 is 28.8 Å². The van der Waals surface area contributed by atoms with Crippen molar-refractivity contribution in [3.63, 3.8) is 0 Å². The minimum absolute atomic E-state index is 0.659. The molecule has 0 saturated heterocycles. The Hall–Kier alpha value is -1.13. The number of rotatable bonds is 4. The van der Waals surface area contributed by atoms with Crippen LogP contribution in [0.3, 0.4) is 0 Å². The van der Waals surface area contributed by atoms with Crippen molar-refractivity contribution in [1.82, 2.24) is 0 Å². The third kappa shape index (κ3) is 2.93. The monoisotopic (exact) mass is 251 g/mol. The second-order valence-corrected chi connectivity index (χ2v) is 5.53. The molecule has 1 aromatic heterocycles. The molecule has 84 valence electrons. The average Bonchev–Trinajstić information content (AvgIpc) is 2.70. The zero-order chi connectivity index (χ0) is 11.4. The van der Waals surface area contributed by atoms with E-state index in [1.54, 1.807) is 23.1 Å². The van der Waals surface area contributed by atoms with Gasteiger partial charge in [-0.3, -0.25) is 0 Å². The van der Waals surface area contributed by atoms with Gasteiger partial charge in [0, 0.05) is 16.6 Å². The molecular formula is C12H13NOS2. The summed E-state index contributed by atoms with van der Waals surface area (Å²) < 4.78 is 6.71. The molecule has 0 unspecified atom stereocenters. The summed E-state index contributed by atoms with van der Waals surface area (Å²) in [7, 11) is 0. The fourth-order valence-electron chi connectivity index (χ4n) is 1.34. The van der Waals surface area contributed by atoms with Crippen LogP contribution >= 0.6 is 23.1 Å². The highest BCUT2D eigenvalue weighted by Crippen LogP contribution is 2.34. The van der Waals surface area contributed by atoms with E-state index in [1.807, 2.05) is 31.2 Å². The highest BCUT2D eigenvalue weighted by Gasteiger charge is 2.02. The smallest absolute Gasteiger partial charge is 0.122 e. The molecule has 2 rings (SSSR count). The van der Waals surface area contributed by atoms with E-state index in [9.17, 15) is 0 Å². The first-order valence-corrected chi connectivity index (χ1v) is 6.72. The molecular weight excluding hydrogens is 238 g/mol. The fourth-order valence-corrected chi connectivity index (χ4v) is 3.19. The van der Waals surface area contributed by atoms with Gasteiger partial charge < -0.3 is 10.5 Å². The van der Waals surface area contributed by atoms with Crippen LogP contribution in [0.1, 0.15) is 6.92 Å². The van der Waals surface area contributed by atoms with Gasteiger partial charge in [0.15, 0.2) is 0 Å². The lowest BCUT2D eigenvalue weighted by Crippen LogP contribution is -1.93. The van der Waals surface area contributed by atoms with Crippen molar-refractivity contribution in [3.05, 3.63) is 35.7 Å². The lowest BCUT2D eigenvalue weighted by atomic mass is 10.3. The third-order valence-corrected chi connectivity index (χ3v) is 3.94. The lowest BCUT2D eigenvalue weighted by Gasteiger charge is -2.06. The van der Waals surface area contributed by atoms with Gasteiger partial charge in [0.05, 0.1) is 10.8 Å². The maximum Gasteiger partial charge on any atom is 0.122 e. The maximum atomic E-state index is 5.83. The van der Waals surface area contributed by atoms with Crippen molar-refractivity contribution in [2.45, 2.75) is 16.0 Å². The van der Waals surface area contributed by atoms with E-state index in [-0.39, 0.29) is 0 Å². The molecule has 16 heavy (non-hydrogen) atoms. The number of hydrogen-bond acceptors (Lipinski definition) is 4. The Bertz CT molecular complexity index is 454. The van der Waals surface area contributed by atoms with Gasteiger partial charge in [0.1, 0.15) is 5.75 Å². The molecule has 0 amide bonds. The Morgan fingerprint density at radius 2 is 2.25 bits per heavy atom. The van der Waals surface area contributed by atoms with E-state index >= 15 is 0 Å². The maximum absolute atomic E-state index is 5.83. The first-order valence-electron chi connectivity index (χ1n) is 5.02. The van der Waals surface area contributed by atoms with Crippen LogP contribution < -0.4 is 10.5 Å². The van der Waals surface area contributed by atoms with Gasteiger partial charge in [-0.2, -0.15) is 0 Å². The molecule has 0 aliphatic carbocycles. The van der Waals surface area contributed by atoms with Crippen LogP contribution in [0.2, 0.25) is 0 Å². The van der Waals surface area contributed by atoms with E-state index in [0.29, 0.717) is 6.61 Å². The van der Waals surface area contributed by atoms with Crippen LogP contribution in [0.4, 0.5) is 5.69 Å². The topological polar surface area (TPSA) is 35.2 Å². The van der Waals surface area contributed by atoms with Crippen molar-refractivity contribution in [2.24, 2.45) is 0 Å². The zero-order valence-corrected chi connectivity index (χ0v) is 10.6. The summed E-state index contributed by atoms with van der Waals surface area (Å²) in [4.78, 5) is 1.12. The van der Waals surface area contributed by atoms with Gasteiger partial charge in [0.2, 0.25) is 0 Å². The highest BCUT2D eigenvalue weighted by atomic mass is 32.2. The minimum Gasteiger partial charge on any atom is -0.494 e. The van der Waals surface area contributed by atoms with Crippen molar-refractivity contribution in [3.8, 4) is 5.75 Å². The first kappa shape index (κ1) is 11.4. The Kier molecular flexibility index (Phi) is 3.74. The molecule has 0 saturated carbocycles. The first-order chi connectivity index (χ1) is 7.78. The molecule has 1 heterocycles. The van der Waals surface area contributed by atoms with Crippen LogP contribution in [0.25, 0.3) is 0 Å². The van der Waals surface area contributed by atoms with Gasteiger partial charge in [-0.05, 0) is 30.5 Å². The van der Waals surface area contributed by atoms with Gasteiger partial charge in [-0.1, -0.05) is 17.8 Å². The standard InChI is InChI=1S/C12H13NOS2/c1-2-14-10-6-9(13)7-11(8-10)16-12-4-3-5-15-12/h3-8H,2,13H2,1H3. The molecule has 0 fully saturated rings. The Labute approximate surface area is 103 Å². The molecule has 0 aliphatic rings. The zero-order valence-electron chi connectivity index (χ0n) is 8.97. The molecule has 0 radical (unpaired) electrons. The largest absolute Gasteiger partial charge is 0.494 e. The summed E-state index contributed by atoms with van der Waals surface area (Å²) in [5, 5.41) is 2.07. The second-order valence-electron chi connectivity index (χ2n) is 3.20. The van der Waals surface area contributed by atoms with E-state index < -0.39 is 0 Å². The van der Waals surface area contributed by atoms with Crippen LogP contribution in [-0.4, -0.2) is 6.61 Å². The number of nitrogen functional groups attached to an aromatic ring is 1. The quantitative estimate of drug-likeness (QED) is 0.838. The number of ether oxygens (including phenoxy) is 1. The molecule has 4 heteroatoms. The predicted octanol–water partition coefficient (Wildman–Crippen LogP) is 3.88. The van der Waals surface area contributed by atoms with Crippen LogP contribution in [0.15, 0.2) is 44.8 Å². The molecule has 0 aliphatic heterocycles. The number of hydrogen-bond donors (Lipinski definition) is 1. The Balaban J connectivity index is 2.20. The van der Waals surface area contributed by atoms with Gasteiger partial charge in [0.25, 0.3) is 0 Å². The van der Waals surface area contributed by atoms with E-state index in [1.165, 1.54) is 4.21 Å². The van der Waals surface area contributed by atoms with Gasteiger partial charge in [-0.25, -0.2) is 0 Å². The average molecular weight is 251 g/mol. The predicted molar refractivity (Wildman–Crippen MR) is 70.5 cm³/mol. The molecule has 0 spiro atoms. The Morgan fingerprint density at radius 1 is 1.38 bits per heavy atom. The van der Waals surface area contributed by atoms with Crippen LogP contribution in [0, 0.1) is 0 Å². The van der Waals surface area contributed by atoms with Gasteiger partial charge >= 0.3 is 0 Å². The third-order valence-electron chi connectivity index (χ3n) is 1.93. The molecule has 1 aromatic carbocycles. The number of thiophene rings is 1. The van der Waals surface area contributed by atoms with Crippen molar-refractivity contribution in [1.29, 1.82) is 0 Å².